The van der Waals surface area contributed by atoms with Gasteiger partial charge in [-0.25, -0.2) is 8.78 Å². The molecule has 120 valence electrons. The molecule has 0 amide bonds. The van der Waals surface area contributed by atoms with Crippen LogP contribution in [-0.4, -0.2) is 0 Å². The van der Waals surface area contributed by atoms with E-state index in [0.717, 1.165) is 22.9 Å². The van der Waals surface area contributed by atoms with E-state index in [1.54, 1.807) is 18.2 Å². The fourth-order valence-corrected chi connectivity index (χ4v) is 2.67. The maximum absolute atomic E-state index is 14.3. The highest BCUT2D eigenvalue weighted by Gasteiger charge is 2.05. The summed E-state index contributed by atoms with van der Waals surface area (Å²) in [5.74, 6) is 4.53. The van der Waals surface area contributed by atoms with Crippen molar-refractivity contribution in [1.82, 2.24) is 0 Å². The summed E-state index contributed by atoms with van der Waals surface area (Å²) in [7, 11) is 0. The van der Waals surface area contributed by atoms with Crippen LogP contribution in [0.1, 0.15) is 11.1 Å². The maximum Gasteiger partial charge on any atom is 0.139 e. The Morgan fingerprint density at radius 1 is 0.760 bits per heavy atom. The lowest BCUT2D eigenvalue weighted by Crippen LogP contribution is -1.87. The van der Waals surface area contributed by atoms with Crippen molar-refractivity contribution in [1.29, 1.82) is 5.26 Å². The lowest BCUT2D eigenvalue weighted by molar-refractivity contribution is 0.602. The van der Waals surface area contributed by atoms with Gasteiger partial charge in [-0.15, -0.1) is 0 Å². The van der Waals surface area contributed by atoms with E-state index in [4.69, 9.17) is 5.26 Å². The van der Waals surface area contributed by atoms with E-state index in [-0.39, 0.29) is 10.5 Å². The molecule has 25 heavy (non-hydrogen) atoms. The van der Waals surface area contributed by atoms with Gasteiger partial charge in [0.25, 0.3) is 0 Å². The average molecular weight is 347 g/mol. The Labute approximate surface area is 148 Å². The van der Waals surface area contributed by atoms with Crippen LogP contribution in [0.3, 0.4) is 0 Å². The molecule has 3 aromatic carbocycles. The molecule has 3 rings (SSSR count). The zero-order valence-corrected chi connectivity index (χ0v) is 13.8. The van der Waals surface area contributed by atoms with Gasteiger partial charge in [-0.05, 0) is 53.2 Å². The van der Waals surface area contributed by atoms with Crippen LogP contribution in [0.15, 0.2) is 71.6 Å². The minimum absolute atomic E-state index is 0.242. The average Bonchev–Trinajstić information content (AvgIpc) is 2.63. The van der Waals surface area contributed by atoms with Crippen LogP contribution in [-0.2, 0) is 0 Å². The highest BCUT2D eigenvalue weighted by atomic mass is 32.2. The topological polar surface area (TPSA) is 23.8 Å². The smallest absolute Gasteiger partial charge is 0.139 e. The molecule has 0 aliphatic rings. The van der Waals surface area contributed by atoms with Crippen LogP contribution < -0.4 is 0 Å². The standard InChI is InChI=1S/C21H11F2NS/c22-19-13-18(16-4-2-1-3-5-16)10-9-17(19)8-6-15-7-11-21(25-14-24)20(23)12-15/h1-5,7,9-13H. The van der Waals surface area contributed by atoms with Gasteiger partial charge in [-0.2, -0.15) is 5.26 Å². The molecule has 4 heteroatoms. The first-order valence-corrected chi connectivity index (χ1v) is 8.21. The normalized spacial score (nSPS) is 9.80. The van der Waals surface area contributed by atoms with E-state index >= 15 is 0 Å². The highest BCUT2D eigenvalue weighted by molar-refractivity contribution is 8.03. The molecule has 0 spiro atoms. The summed E-state index contributed by atoms with van der Waals surface area (Å²) >= 11 is 0.749. The van der Waals surface area contributed by atoms with Gasteiger partial charge < -0.3 is 0 Å². The van der Waals surface area contributed by atoms with E-state index in [2.05, 4.69) is 11.8 Å². The van der Waals surface area contributed by atoms with E-state index in [0.29, 0.717) is 5.56 Å². The monoisotopic (exact) mass is 347 g/mol. The van der Waals surface area contributed by atoms with Gasteiger partial charge >= 0.3 is 0 Å². The van der Waals surface area contributed by atoms with Crippen LogP contribution in [0.4, 0.5) is 8.78 Å². The summed E-state index contributed by atoms with van der Waals surface area (Å²) in [4.78, 5) is 0.242. The van der Waals surface area contributed by atoms with E-state index < -0.39 is 11.6 Å². The molecule has 0 aliphatic heterocycles. The van der Waals surface area contributed by atoms with Crippen LogP contribution >= 0.6 is 11.8 Å². The molecule has 0 aliphatic carbocycles. The number of nitriles is 1. The lowest BCUT2D eigenvalue weighted by atomic mass is 10.0. The van der Waals surface area contributed by atoms with Crippen molar-refractivity contribution in [2.45, 2.75) is 4.90 Å². The predicted molar refractivity (Wildman–Crippen MR) is 95.7 cm³/mol. The number of halogens is 2. The largest absolute Gasteiger partial charge is 0.206 e. The summed E-state index contributed by atoms with van der Waals surface area (Å²) in [5.41, 5.74) is 2.36. The Morgan fingerprint density at radius 3 is 2.24 bits per heavy atom. The number of hydrogen-bond acceptors (Lipinski definition) is 2. The molecule has 0 unspecified atom stereocenters. The SMILES string of the molecule is N#CSc1ccc(C#Cc2ccc(-c3ccccc3)cc2F)cc1F. The van der Waals surface area contributed by atoms with Crippen LogP contribution in [0, 0.1) is 34.1 Å². The summed E-state index contributed by atoms with van der Waals surface area (Å²) in [6.45, 7) is 0. The quantitative estimate of drug-likeness (QED) is 0.342. The zero-order valence-electron chi connectivity index (χ0n) is 13.0. The molecule has 3 aromatic rings. The minimum Gasteiger partial charge on any atom is -0.206 e. The second-order valence-electron chi connectivity index (χ2n) is 5.15. The molecule has 0 aromatic heterocycles. The number of rotatable bonds is 2. The maximum atomic E-state index is 14.3. The summed E-state index contributed by atoms with van der Waals surface area (Å²) in [6.07, 6.45) is 0. The van der Waals surface area contributed by atoms with Crippen LogP contribution in [0.2, 0.25) is 0 Å². The summed E-state index contributed by atoms with van der Waals surface area (Å²) in [5, 5.41) is 10.4. The second-order valence-corrected chi connectivity index (χ2v) is 5.98. The Morgan fingerprint density at radius 2 is 1.56 bits per heavy atom. The van der Waals surface area contributed by atoms with E-state index in [1.165, 1.54) is 18.2 Å². The predicted octanol–water partition coefficient (Wildman–Crippen LogP) is 5.60. The van der Waals surface area contributed by atoms with Crippen LogP contribution in [0.5, 0.6) is 0 Å². The number of nitrogens with zero attached hydrogens (tertiary/aromatic N) is 1. The van der Waals surface area contributed by atoms with Crippen molar-refractivity contribution in [3.8, 4) is 28.4 Å². The molecule has 0 bridgehead atoms. The third-order valence-electron chi connectivity index (χ3n) is 3.51. The fourth-order valence-electron chi connectivity index (χ4n) is 2.28. The zero-order chi connectivity index (χ0) is 17.6. The number of thioether (sulfide) groups is 1. The lowest BCUT2D eigenvalue weighted by Gasteiger charge is -2.02. The van der Waals surface area contributed by atoms with Gasteiger partial charge in [0.15, 0.2) is 0 Å². The first kappa shape index (κ1) is 16.8. The number of hydrogen-bond donors (Lipinski definition) is 0. The molecule has 0 atom stereocenters. The van der Waals surface area contributed by atoms with Crippen molar-refractivity contribution >= 4 is 11.8 Å². The first-order valence-electron chi connectivity index (χ1n) is 7.40. The third-order valence-corrected chi connectivity index (χ3v) is 4.15. The van der Waals surface area contributed by atoms with Crippen molar-refractivity contribution in [2.24, 2.45) is 0 Å². The molecule has 0 N–H and O–H groups in total. The van der Waals surface area contributed by atoms with Gasteiger partial charge in [-0.1, -0.05) is 48.2 Å². The Kier molecular flexibility index (Phi) is 5.14. The molecule has 0 fully saturated rings. The van der Waals surface area contributed by atoms with Gasteiger partial charge in [0.1, 0.15) is 17.0 Å². The van der Waals surface area contributed by atoms with Crippen molar-refractivity contribution in [3.05, 3.63) is 89.5 Å². The number of thiocyanates is 1. The molecule has 1 nitrogen and oxygen atoms in total. The van der Waals surface area contributed by atoms with Crippen molar-refractivity contribution < 1.29 is 8.78 Å². The minimum atomic E-state index is -0.516. The molecule has 0 radical (unpaired) electrons. The Balaban J connectivity index is 1.86. The molecular weight excluding hydrogens is 336 g/mol. The Bertz CT molecular complexity index is 1010. The molecule has 0 heterocycles. The van der Waals surface area contributed by atoms with Crippen molar-refractivity contribution in [3.63, 3.8) is 0 Å². The Hall–Kier alpha value is -3.08. The highest BCUT2D eigenvalue weighted by Crippen LogP contribution is 2.22. The van der Waals surface area contributed by atoms with Gasteiger partial charge in [0.2, 0.25) is 0 Å². The first-order chi connectivity index (χ1) is 12.2. The van der Waals surface area contributed by atoms with Gasteiger partial charge in [-0.3, -0.25) is 0 Å². The number of benzene rings is 3. The molecule has 0 saturated carbocycles. The summed E-state index contributed by atoms with van der Waals surface area (Å²) in [6, 6.07) is 18.7. The fraction of sp³-hybridized carbons (Fsp3) is 0. The second kappa shape index (κ2) is 7.66. The van der Waals surface area contributed by atoms with Gasteiger partial charge in [0, 0.05) is 5.56 Å². The third kappa shape index (κ3) is 4.07. The van der Waals surface area contributed by atoms with Crippen LogP contribution in [0.25, 0.3) is 11.1 Å². The van der Waals surface area contributed by atoms with Crippen molar-refractivity contribution in [2.75, 3.05) is 0 Å². The van der Waals surface area contributed by atoms with E-state index in [1.807, 2.05) is 35.7 Å². The van der Waals surface area contributed by atoms with E-state index in [9.17, 15) is 8.78 Å². The van der Waals surface area contributed by atoms with Gasteiger partial charge in [0.05, 0.1) is 10.5 Å². The molecular formula is C21H11F2NS. The molecule has 0 saturated heterocycles. The summed E-state index contributed by atoms with van der Waals surface area (Å²) < 4.78 is 28.0.